The SMILES string of the molecule is Cc1ccc(-c2cccc3cccc(-c4ccc(-c5ccc(C#N)cc5)cc4)c23)cc1. The Morgan fingerprint density at radius 1 is 0.516 bits per heavy atom. The summed E-state index contributed by atoms with van der Waals surface area (Å²) in [7, 11) is 0. The summed E-state index contributed by atoms with van der Waals surface area (Å²) in [5, 5.41) is 11.5. The molecule has 0 saturated carbocycles. The normalized spacial score (nSPS) is 10.7. The van der Waals surface area contributed by atoms with Gasteiger partial charge in [-0.15, -0.1) is 0 Å². The summed E-state index contributed by atoms with van der Waals surface area (Å²) in [6.07, 6.45) is 0. The van der Waals surface area contributed by atoms with E-state index in [4.69, 9.17) is 5.26 Å². The molecule has 146 valence electrons. The van der Waals surface area contributed by atoms with Gasteiger partial charge in [0.25, 0.3) is 0 Å². The molecule has 0 N–H and O–H groups in total. The molecular weight excluding hydrogens is 374 g/mol. The Balaban J connectivity index is 1.61. The number of hydrogen-bond acceptors (Lipinski definition) is 1. The van der Waals surface area contributed by atoms with Crippen LogP contribution in [0, 0.1) is 18.3 Å². The zero-order valence-corrected chi connectivity index (χ0v) is 17.3. The first-order chi connectivity index (χ1) is 15.2. The Morgan fingerprint density at radius 3 is 1.48 bits per heavy atom. The van der Waals surface area contributed by atoms with E-state index in [0.29, 0.717) is 5.56 Å². The fraction of sp³-hybridized carbons (Fsp3) is 0.0333. The number of hydrogen-bond donors (Lipinski definition) is 0. The third kappa shape index (κ3) is 3.61. The van der Waals surface area contributed by atoms with Crippen molar-refractivity contribution in [2.75, 3.05) is 0 Å². The summed E-state index contributed by atoms with van der Waals surface area (Å²) in [5.74, 6) is 0. The monoisotopic (exact) mass is 395 g/mol. The Kier molecular flexibility index (Phi) is 4.83. The zero-order chi connectivity index (χ0) is 21.2. The highest BCUT2D eigenvalue weighted by atomic mass is 14.2. The van der Waals surface area contributed by atoms with E-state index in [1.54, 1.807) is 0 Å². The molecule has 0 heterocycles. The van der Waals surface area contributed by atoms with Crippen LogP contribution in [-0.4, -0.2) is 0 Å². The van der Waals surface area contributed by atoms with E-state index in [1.807, 2.05) is 24.3 Å². The summed E-state index contributed by atoms with van der Waals surface area (Å²) in [6, 6.07) is 40.4. The Morgan fingerprint density at radius 2 is 0.968 bits per heavy atom. The summed E-state index contributed by atoms with van der Waals surface area (Å²) in [5.41, 5.74) is 9.13. The lowest BCUT2D eigenvalue weighted by atomic mass is 9.90. The predicted octanol–water partition coefficient (Wildman–Crippen LogP) is 8.02. The number of benzene rings is 5. The van der Waals surface area contributed by atoms with Crippen molar-refractivity contribution in [3.63, 3.8) is 0 Å². The second-order valence-corrected chi connectivity index (χ2v) is 7.84. The molecule has 0 fully saturated rings. The van der Waals surface area contributed by atoms with Crippen molar-refractivity contribution in [2.45, 2.75) is 6.92 Å². The van der Waals surface area contributed by atoms with Gasteiger partial charge in [-0.3, -0.25) is 0 Å². The average molecular weight is 396 g/mol. The molecule has 0 saturated heterocycles. The fourth-order valence-electron chi connectivity index (χ4n) is 4.13. The van der Waals surface area contributed by atoms with E-state index in [1.165, 1.54) is 38.6 Å². The number of nitrogens with zero attached hydrogens (tertiary/aromatic N) is 1. The molecule has 1 nitrogen and oxygen atoms in total. The lowest BCUT2D eigenvalue weighted by Crippen LogP contribution is -1.87. The summed E-state index contributed by atoms with van der Waals surface area (Å²) >= 11 is 0. The van der Waals surface area contributed by atoms with Gasteiger partial charge in [0, 0.05) is 0 Å². The van der Waals surface area contributed by atoms with Crippen LogP contribution in [0.2, 0.25) is 0 Å². The smallest absolute Gasteiger partial charge is 0.0991 e. The van der Waals surface area contributed by atoms with E-state index in [9.17, 15) is 0 Å². The van der Waals surface area contributed by atoms with Crippen molar-refractivity contribution in [1.29, 1.82) is 5.26 Å². The Labute approximate surface area is 182 Å². The zero-order valence-electron chi connectivity index (χ0n) is 17.3. The molecule has 0 aliphatic rings. The number of rotatable bonds is 3. The third-order valence-corrected chi connectivity index (χ3v) is 5.81. The second-order valence-electron chi connectivity index (χ2n) is 7.84. The van der Waals surface area contributed by atoms with Crippen molar-refractivity contribution in [3.05, 3.63) is 120 Å². The molecule has 5 aromatic rings. The van der Waals surface area contributed by atoms with Gasteiger partial charge in [-0.2, -0.15) is 5.26 Å². The number of nitriles is 1. The van der Waals surface area contributed by atoms with Crippen molar-refractivity contribution in [1.82, 2.24) is 0 Å². The van der Waals surface area contributed by atoms with Gasteiger partial charge in [0.05, 0.1) is 11.6 Å². The maximum atomic E-state index is 9.02. The topological polar surface area (TPSA) is 23.8 Å². The Hall–Kier alpha value is -4.15. The first-order valence-electron chi connectivity index (χ1n) is 10.4. The van der Waals surface area contributed by atoms with Gasteiger partial charge in [-0.25, -0.2) is 0 Å². The highest BCUT2D eigenvalue weighted by Gasteiger charge is 2.10. The van der Waals surface area contributed by atoms with Crippen LogP contribution in [0.25, 0.3) is 44.2 Å². The van der Waals surface area contributed by atoms with E-state index in [2.05, 4.69) is 97.9 Å². The van der Waals surface area contributed by atoms with Crippen LogP contribution in [0.15, 0.2) is 109 Å². The molecule has 0 atom stereocenters. The highest BCUT2D eigenvalue weighted by molar-refractivity contribution is 6.06. The van der Waals surface area contributed by atoms with Gasteiger partial charge in [-0.05, 0) is 63.2 Å². The van der Waals surface area contributed by atoms with Crippen molar-refractivity contribution < 1.29 is 0 Å². The van der Waals surface area contributed by atoms with Gasteiger partial charge >= 0.3 is 0 Å². The minimum Gasteiger partial charge on any atom is -0.192 e. The lowest BCUT2D eigenvalue weighted by Gasteiger charge is -2.13. The molecule has 0 amide bonds. The highest BCUT2D eigenvalue weighted by Crippen LogP contribution is 2.37. The van der Waals surface area contributed by atoms with Crippen molar-refractivity contribution >= 4 is 10.8 Å². The quantitative estimate of drug-likeness (QED) is 0.303. The van der Waals surface area contributed by atoms with E-state index in [-0.39, 0.29) is 0 Å². The van der Waals surface area contributed by atoms with E-state index in [0.717, 1.165) is 11.1 Å². The summed E-state index contributed by atoms with van der Waals surface area (Å²) < 4.78 is 0. The van der Waals surface area contributed by atoms with Crippen molar-refractivity contribution in [2.24, 2.45) is 0 Å². The number of fused-ring (bicyclic) bond motifs is 1. The molecule has 5 rings (SSSR count). The molecule has 0 radical (unpaired) electrons. The third-order valence-electron chi connectivity index (χ3n) is 5.81. The maximum Gasteiger partial charge on any atom is 0.0991 e. The van der Waals surface area contributed by atoms with Crippen LogP contribution >= 0.6 is 0 Å². The molecule has 0 unspecified atom stereocenters. The van der Waals surface area contributed by atoms with E-state index >= 15 is 0 Å². The lowest BCUT2D eigenvalue weighted by molar-refractivity contribution is 1.47. The molecule has 5 aromatic carbocycles. The average Bonchev–Trinajstić information content (AvgIpc) is 2.84. The first-order valence-corrected chi connectivity index (χ1v) is 10.4. The minimum atomic E-state index is 0.680. The molecule has 0 bridgehead atoms. The standard InChI is InChI=1S/C30H21N/c1-21-8-12-25(13-9-21)28-6-2-4-27-5-3-7-29(30(27)28)26-18-16-24(17-19-26)23-14-10-22(20-31)11-15-23/h2-19H,1H3. The molecule has 1 heteroatoms. The number of aryl methyl sites for hydroxylation is 1. The predicted molar refractivity (Wildman–Crippen MR) is 130 cm³/mol. The second kappa shape index (κ2) is 7.94. The van der Waals surface area contributed by atoms with Gasteiger partial charge in [0.15, 0.2) is 0 Å². The molecule has 0 aliphatic carbocycles. The van der Waals surface area contributed by atoms with Crippen LogP contribution in [0.3, 0.4) is 0 Å². The minimum absolute atomic E-state index is 0.680. The summed E-state index contributed by atoms with van der Waals surface area (Å²) in [6.45, 7) is 2.12. The van der Waals surface area contributed by atoms with Crippen LogP contribution < -0.4 is 0 Å². The first kappa shape index (κ1) is 18.9. The van der Waals surface area contributed by atoms with Crippen LogP contribution in [-0.2, 0) is 0 Å². The molecular formula is C30H21N. The molecule has 0 aliphatic heterocycles. The molecule has 0 spiro atoms. The van der Waals surface area contributed by atoms with Crippen LogP contribution in [0.4, 0.5) is 0 Å². The summed E-state index contributed by atoms with van der Waals surface area (Å²) in [4.78, 5) is 0. The van der Waals surface area contributed by atoms with Crippen LogP contribution in [0.1, 0.15) is 11.1 Å². The molecule has 0 aromatic heterocycles. The van der Waals surface area contributed by atoms with Crippen molar-refractivity contribution in [3.8, 4) is 39.4 Å². The van der Waals surface area contributed by atoms with Gasteiger partial charge in [-0.1, -0.05) is 103 Å². The Bertz CT molecular complexity index is 1400. The molecule has 31 heavy (non-hydrogen) atoms. The van der Waals surface area contributed by atoms with Gasteiger partial charge < -0.3 is 0 Å². The van der Waals surface area contributed by atoms with E-state index < -0.39 is 0 Å². The largest absolute Gasteiger partial charge is 0.192 e. The maximum absolute atomic E-state index is 9.02. The van der Waals surface area contributed by atoms with Crippen LogP contribution in [0.5, 0.6) is 0 Å². The van der Waals surface area contributed by atoms with Gasteiger partial charge in [0.1, 0.15) is 0 Å². The van der Waals surface area contributed by atoms with Gasteiger partial charge in [0.2, 0.25) is 0 Å². The fourth-order valence-corrected chi connectivity index (χ4v) is 4.13.